The highest BCUT2D eigenvalue weighted by Gasteiger charge is 2.22. The number of nitrogens with zero attached hydrogens (tertiary/aromatic N) is 3. The van der Waals surface area contributed by atoms with Crippen LogP contribution >= 0.6 is 0 Å². The highest BCUT2D eigenvalue weighted by Crippen LogP contribution is 2.10. The number of pyridine rings is 1. The summed E-state index contributed by atoms with van der Waals surface area (Å²) in [7, 11) is 0. The number of piperazine rings is 1. The van der Waals surface area contributed by atoms with Crippen molar-refractivity contribution in [2.24, 2.45) is 0 Å². The third-order valence-corrected chi connectivity index (χ3v) is 5.51. The van der Waals surface area contributed by atoms with E-state index in [0.717, 1.165) is 31.6 Å². The summed E-state index contributed by atoms with van der Waals surface area (Å²) in [5.41, 5.74) is 2.03. The average molecular weight is 411 g/mol. The number of hydrogen-bond donors (Lipinski definition) is 1. The minimum atomic E-state index is -0.367. The second-order valence-electron chi connectivity index (χ2n) is 7.82. The fourth-order valence-electron chi connectivity index (χ4n) is 3.63. The van der Waals surface area contributed by atoms with Crippen LogP contribution in [0, 0.1) is 13.8 Å². The Morgan fingerprint density at radius 3 is 2.27 bits per heavy atom. The number of anilines is 1. The van der Waals surface area contributed by atoms with E-state index in [4.69, 9.17) is 0 Å². The summed E-state index contributed by atoms with van der Waals surface area (Å²) in [6, 6.07) is 10.5. The number of aryl methyl sites for hydroxylation is 2. The van der Waals surface area contributed by atoms with Crippen LogP contribution in [0.2, 0.25) is 0 Å². The molecule has 0 unspecified atom stereocenters. The molecule has 1 aromatic carbocycles. The molecule has 160 valence electrons. The van der Waals surface area contributed by atoms with E-state index in [-0.39, 0.29) is 29.6 Å². The third-order valence-electron chi connectivity index (χ3n) is 5.51. The number of nitrogens with one attached hydrogen (secondary N) is 1. The van der Waals surface area contributed by atoms with Gasteiger partial charge in [-0.2, -0.15) is 0 Å². The Bertz CT molecular complexity index is 957. The summed E-state index contributed by atoms with van der Waals surface area (Å²) in [5, 5.41) is 2.68. The molecule has 3 rings (SSSR count). The molecule has 2 amide bonds. The van der Waals surface area contributed by atoms with Gasteiger partial charge >= 0.3 is 0 Å². The van der Waals surface area contributed by atoms with Crippen LogP contribution in [0.25, 0.3) is 0 Å². The first kappa shape index (κ1) is 21.8. The normalized spacial score (nSPS) is 14.6. The maximum Gasteiger partial charge on any atom is 0.274 e. The van der Waals surface area contributed by atoms with Crippen LogP contribution in [0.1, 0.15) is 35.0 Å². The first-order valence-corrected chi connectivity index (χ1v) is 10.5. The minimum Gasteiger partial charge on any atom is -0.339 e. The van der Waals surface area contributed by atoms with Gasteiger partial charge in [0.05, 0.1) is 0 Å². The summed E-state index contributed by atoms with van der Waals surface area (Å²) in [4.78, 5) is 42.4. The van der Waals surface area contributed by atoms with E-state index < -0.39 is 0 Å². The number of carbonyl (C=O) groups excluding carboxylic acids is 2. The van der Waals surface area contributed by atoms with Crippen molar-refractivity contribution in [3.05, 3.63) is 63.6 Å². The van der Waals surface area contributed by atoms with E-state index in [1.54, 1.807) is 31.2 Å². The minimum absolute atomic E-state index is 0.0211. The number of hydrogen-bond acceptors (Lipinski definition) is 4. The van der Waals surface area contributed by atoms with Crippen molar-refractivity contribution in [1.29, 1.82) is 0 Å². The molecule has 7 heteroatoms. The van der Waals surface area contributed by atoms with Crippen LogP contribution < -0.4 is 10.9 Å². The number of amides is 2. The summed E-state index contributed by atoms with van der Waals surface area (Å²) in [6.07, 6.45) is 1.10. The van der Waals surface area contributed by atoms with Crippen LogP contribution in [-0.4, -0.2) is 58.9 Å². The Kier molecular flexibility index (Phi) is 7.05. The molecule has 2 heterocycles. The zero-order chi connectivity index (χ0) is 21.7. The van der Waals surface area contributed by atoms with Gasteiger partial charge in [0.15, 0.2) is 0 Å². The zero-order valence-electron chi connectivity index (χ0n) is 18.0. The van der Waals surface area contributed by atoms with Gasteiger partial charge < -0.3 is 14.8 Å². The largest absolute Gasteiger partial charge is 0.339 e. The van der Waals surface area contributed by atoms with Gasteiger partial charge in [0.2, 0.25) is 5.91 Å². The van der Waals surface area contributed by atoms with Crippen molar-refractivity contribution in [1.82, 2.24) is 14.4 Å². The van der Waals surface area contributed by atoms with Crippen molar-refractivity contribution in [2.75, 3.05) is 38.0 Å². The lowest BCUT2D eigenvalue weighted by atomic mass is 10.1. The molecule has 1 fully saturated rings. The van der Waals surface area contributed by atoms with Crippen molar-refractivity contribution in [3.8, 4) is 0 Å². The van der Waals surface area contributed by atoms with Crippen LogP contribution in [0.15, 0.2) is 41.2 Å². The summed E-state index contributed by atoms with van der Waals surface area (Å²) in [6.45, 7) is 9.99. The van der Waals surface area contributed by atoms with Gasteiger partial charge in [0.25, 0.3) is 11.5 Å². The Balaban J connectivity index is 1.70. The molecule has 7 nitrogen and oxygen atoms in total. The van der Waals surface area contributed by atoms with Gasteiger partial charge in [-0.05, 0) is 51.1 Å². The molecular weight excluding hydrogens is 380 g/mol. The van der Waals surface area contributed by atoms with E-state index in [0.29, 0.717) is 24.3 Å². The highest BCUT2D eigenvalue weighted by molar-refractivity contribution is 6.04. The molecule has 0 aliphatic carbocycles. The predicted octanol–water partition coefficient (Wildman–Crippen LogP) is 2.27. The fraction of sp³-hybridized carbons (Fsp3) is 0.435. The molecule has 1 N–H and O–H groups in total. The Hall–Kier alpha value is -2.93. The molecule has 2 aromatic rings. The second kappa shape index (κ2) is 9.71. The van der Waals surface area contributed by atoms with E-state index in [9.17, 15) is 14.4 Å². The van der Waals surface area contributed by atoms with Crippen molar-refractivity contribution in [3.63, 3.8) is 0 Å². The molecule has 0 saturated carbocycles. The maximum atomic E-state index is 12.9. The third kappa shape index (κ3) is 5.16. The molecule has 0 atom stereocenters. The van der Waals surface area contributed by atoms with Crippen LogP contribution in [-0.2, 0) is 11.3 Å². The van der Waals surface area contributed by atoms with Gasteiger partial charge in [-0.25, -0.2) is 0 Å². The molecule has 1 aromatic heterocycles. The number of benzene rings is 1. The summed E-state index contributed by atoms with van der Waals surface area (Å²) in [5.74, 6) is -0.417. The molecule has 0 spiro atoms. The Morgan fingerprint density at radius 1 is 0.967 bits per heavy atom. The standard InChI is InChI=1S/C23H30N4O3/c1-4-11-25-12-14-26(15-13-25)21(28)16-27-18(3)7-10-20(23(27)30)24-22(29)19-8-5-17(2)6-9-19/h5-10H,4,11-16H2,1-3H3,(H,24,29). The van der Waals surface area contributed by atoms with Crippen molar-refractivity contribution < 1.29 is 9.59 Å². The monoisotopic (exact) mass is 410 g/mol. The van der Waals surface area contributed by atoms with Gasteiger partial charge in [0, 0.05) is 37.4 Å². The lowest BCUT2D eigenvalue weighted by Gasteiger charge is -2.34. The average Bonchev–Trinajstić information content (AvgIpc) is 2.74. The topological polar surface area (TPSA) is 74.7 Å². The van der Waals surface area contributed by atoms with Gasteiger partial charge in [0.1, 0.15) is 12.2 Å². The smallest absolute Gasteiger partial charge is 0.274 e. The quantitative estimate of drug-likeness (QED) is 0.793. The fourth-order valence-corrected chi connectivity index (χ4v) is 3.63. The molecule has 30 heavy (non-hydrogen) atoms. The van der Waals surface area contributed by atoms with Crippen LogP contribution in [0.3, 0.4) is 0 Å². The lowest BCUT2D eigenvalue weighted by Crippen LogP contribution is -2.50. The SMILES string of the molecule is CCCN1CCN(C(=O)Cn2c(C)ccc(NC(=O)c3ccc(C)cc3)c2=O)CC1. The first-order valence-electron chi connectivity index (χ1n) is 10.5. The first-order chi connectivity index (χ1) is 14.4. The Labute approximate surface area is 177 Å². The van der Waals surface area contributed by atoms with E-state index in [2.05, 4.69) is 17.1 Å². The maximum absolute atomic E-state index is 12.9. The highest BCUT2D eigenvalue weighted by atomic mass is 16.2. The number of rotatable bonds is 6. The van der Waals surface area contributed by atoms with E-state index in [1.165, 1.54) is 4.57 Å². The van der Waals surface area contributed by atoms with Gasteiger partial charge in [-0.1, -0.05) is 24.6 Å². The molecule has 0 radical (unpaired) electrons. The van der Waals surface area contributed by atoms with Gasteiger partial charge in [-0.3, -0.25) is 19.3 Å². The molecular formula is C23H30N4O3. The van der Waals surface area contributed by atoms with Crippen molar-refractivity contribution >= 4 is 17.5 Å². The summed E-state index contributed by atoms with van der Waals surface area (Å²) < 4.78 is 1.44. The zero-order valence-corrected chi connectivity index (χ0v) is 18.0. The van der Waals surface area contributed by atoms with Crippen molar-refractivity contribution in [2.45, 2.75) is 33.7 Å². The summed E-state index contributed by atoms with van der Waals surface area (Å²) >= 11 is 0. The van der Waals surface area contributed by atoms with E-state index in [1.807, 2.05) is 24.0 Å². The number of aromatic nitrogens is 1. The van der Waals surface area contributed by atoms with Crippen LogP contribution in [0.4, 0.5) is 5.69 Å². The Morgan fingerprint density at radius 2 is 1.63 bits per heavy atom. The molecule has 0 bridgehead atoms. The van der Waals surface area contributed by atoms with Crippen LogP contribution in [0.5, 0.6) is 0 Å². The lowest BCUT2D eigenvalue weighted by molar-refractivity contribution is -0.133. The molecule has 1 aliphatic rings. The number of carbonyl (C=O) groups is 2. The van der Waals surface area contributed by atoms with E-state index >= 15 is 0 Å². The molecule has 1 aliphatic heterocycles. The second-order valence-corrected chi connectivity index (χ2v) is 7.82. The molecule has 1 saturated heterocycles. The van der Waals surface area contributed by atoms with Gasteiger partial charge in [-0.15, -0.1) is 0 Å². The predicted molar refractivity (Wildman–Crippen MR) is 118 cm³/mol.